The Hall–Kier alpha value is -1.97. The normalized spacial score (nSPS) is 13.2. The Labute approximate surface area is 125 Å². The van der Waals surface area contributed by atoms with E-state index in [-0.39, 0.29) is 10.8 Å². The highest BCUT2D eigenvalue weighted by Crippen LogP contribution is 2.33. The fourth-order valence-corrected chi connectivity index (χ4v) is 2.54. The molecule has 4 nitrogen and oxygen atoms in total. The van der Waals surface area contributed by atoms with Crippen molar-refractivity contribution in [1.29, 1.82) is 0 Å². The van der Waals surface area contributed by atoms with Crippen molar-refractivity contribution in [2.45, 2.75) is 52.4 Å². The molecule has 0 amide bonds. The van der Waals surface area contributed by atoms with E-state index in [1.165, 1.54) is 0 Å². The highest BCUT2D eigenvalue weighted by molar-refractivity contribution is 5.92. The van der Waals surface area contributed by atoms with Gasteiger partial charge in [-0.25, -0.2) is 9.97 Å². The highest BCUT2D eigenvalue weighted by atomic mass is 15.1. The zero-order chi connectivity index (χ0) is 15.4. The van der Waals surface area contributed by atoms with E-state index >= 15 is 0 Å². The van der Waals surface area contributed by atoms with Gasteiger partial charge in [-0.15, -0.1) is 0 Å². The lowest BCUT2D eigenvalue weighted by molar-refractivity contribution is 0.502. The molecule has 1 N–H and O–H groups in total. The molecule has 0 saturated carbocycles. The van der Waals surface area contributed by atoms with Crippen molar-refractivity contribution < 1.29 is 0 Å². The maximum atomic E-state index is 4.94. The van der Waals surface area contributed by atoms with Gasteiger partial charge < -0.3 is 0 Å². The summed E-state index contributed by atoms with van der Waals surface area (Å²) in [7, 11) is 0. The second-order valence-corrected chi connectivity index (χ2v) is 7.72. The second kappa shape index (κ2) is 4.26. The van der Waals surface area contributed by atoms with Crippen molar-refractivity contribution in [3.8, 4) is 0 Å². The van der Waals surface area contributed by atoms with Gasteiger partial charge in [0.1, 0.15) is 0 Å². The number of nitrogens with one attached hydrogen (secondary N) is 1. The van der Waals surface area contributed by atoms with Gasteiger partial charge >= 0.3 is 0 Å². The van der Waals surface area contributed by atoms with Crippen LogP contribution in [0.2, 0.25) is 0 Å². The Morgan fingerprint density at radius 3 is 1.86 bits per heavy atom. The van der Waals surface area contributed by atoms with E-state index in [1.54, 1.807) is 0 Å². The van der Waals surface area contributed by atoms with Gasteiger partial charge in [0, 0.05) is 16.2 Å². The van der Waals surface area contributed by atoms with Crippen molar-refractivity contribution in [3.63, 3.8) is 0 Å². The van der Waals surface area contributed by atoms with E-state index in [0.717, 1.165) is 33.3 Å². The summed E-state index contributed by atoms with van der Waals surface area (Å²) in [5, 5.41) is 8.15. The summed E-state index contributed by atoms with van der Waals surface area (Å²) < 4.78 is 0. The number of aromatic nitrogens is 4. The summed E-state index contributed by atoms with van der Waals surface area (Å²) in [6.07, 6.45) is 1.82. The van der Waals surface area contributed by atoms with Gasteiger partial charge in [0.05, 0.1) is 34.1 Å². The zero-order valence-corrected chi connectivity index (χ0v) is 13.6. The first kappa shape index (κ1) is 14.0. The van der Waals surface area contributed by atoms with Crippen LogP contribution in [0.5, 0.6) is 0 Å². The van der Waals surface area contributed by atoms with Crippen LogP contribution in [0.25, 0.3) is 21.9 Å². The van der Waals surface area contributed by atoms with Crippen LogP contribution in [-0.4, -0.2) is 20.2 Å². The average Bonchev–Trinajstić information content (AvgIpc) is 2.79. The van der Waals surface area contributed by atoms with Crippen molar-refractivity contribution >= 4 is 21.9 Å². The predicted molar refractivity (Wildman–Crippen MR) is 86.6 cm³/mol. The lowest BCUT2D eigenvalue weighted by Crippen LogP contribution is -2.25. The first-order valence-electron chi connectivity index (χ1n) is 7.32. The molecule has 0 saturated heterocycles. The summed E-state index contributed by atoms with van der Waals surface area (Å²) in [6, 6.07) is 4.09. The molecule has 1 aromatic carbocycles. The summed E-state index contributed by atoms with van der Waals surface area (Å²) in [6.45, 7) is 13.1. The molecular formula is C17H22N4. The Bertz CT molecular complexity index is 749. The van der Waals surface area contributed by atoms with Crippen molar-refractivity contribution in [2.75, 3.05) is 0 Å². The van der Waals surface area contributed by atoms with Crippen molar-refractivity contribution in [1.82, 2.24) is 20.2 Å². The molecule has 3 aromatic rings. The fraction of sp³-hybridized carbons (Fsp3) is 0.471. The number of hydrogen-bond donors (Lipinski definition) is 1. The van der Waals surface area contributed by atoms with Crippen LogP contribution >= 0.6 is 0 Å². The molecule has 0 aliphatic carbocycles. The molecule has 4 heteroatoms. The lowest BCUT2D eigenvalue weighted by Gasteiger charge is -2.28. The molecule has 0 radical (unpaired) electrons. The Balaban J connectivity index is 2.39. The maximum absolute atomic E-state index is 4.94. The molecule has 0 aliphatic heterocycles. The molecule has 0 spiro atoms. The molecule has 21 heavy (non-hydrogen) atoms. The van der Waals surface area contributed by atoms with Gasteiger partial charge in [0.25, 0.3) is 0 Å². The summed E-state index contributed by atoms with van der Waals surface area (Å²) in [4.78, 5) is 9.87. The van der Waals surface area contributed by atoms with Crippen LogP contribution in [0, 0.1) is 0 Å². The van der Waals surface area contributed by atoms with Crippen LogP contribution in [0.1, 0.15) is 52.9 Å². The minimum atomic E-state index is -0.0350. The van der Waals surface area contributed by atoms with Crippen LogP contribution in [0.4, 0.5) is 0 Å². The van der Waals surface area contributed by atoms with Crippen molar-refractivity contribution in [2.24, 2.45) is 0 Å². The summed E-state index contributed by atoms with van der Waals surface area (Å²) in [5.41, 5.74) is 4.93. The molecular weight excluding hydrogens is 260 g/mol. The number of rotatable bonds is 0. The largest absolute Gasteiger partial charge is 0.278 e. The zero-order valence-electron chi connectivity index (χ0n) is 13.6. The molecule has 0 fully saturated rings. The third-order valence-electron chi connectivity index (χ3n) is 3.64. The van der Waals surface area contributed by atoms with Crippen molar-refractivity contribution in [3.05, 3.63) is 29.7 Å². The molecule has 0 unspecified atom stereocenters. The number of nitrogens with zero attached hydrogens (tertiary/aromatic N) is 3. The van der Waals surface area contributed by atoms with Gasteiger partial charge in [0.15, 0.2) is 0 Å². The lowest BCUT2D eigenvalue weighted by atomic mass is 9.81. The molecule has 110 valence electrons. The van der Waals surface area contributed by atoms with Crippen LogP contribution in [0.3, 0.4) is 0 Å². The Morgan fingerprint density at radius 2 is 1.33 bits per heavy atom. The number of H-pyrrole nitrogens is 1. The van der Waals surface area contributed by atoms with E-state index in [4.69, 9.17) is 9.97 Å². The van der Waals surface area contributed by atoms with Crippen LogP contribution < -0.4 is 0 Å². The number of aromatic amines is 1. The van der Waals surface area contributed by atoms with E-state index in [1.807, 2.05) is 12.3 Å². The third-order valence-corrected chi connectivity index (χ3v) is 3.64. The Morgan fingerprint density at radius 1 is 0.810 bits per heavy atom. The second-order valence-electron chi connectivity index (χ2n) is 7.72. The monoisotopic (exact) mass is 282 g/mol. The SMILES string of the molecule is CC(C)(C)c1nc2cc3cn[nH]c3cc2nc1C(C)(C)C. The number of fused-ring (bicyclic) bond motifs is 2. The van der Waals surface area contributed by atoms with Gasteiger partial charge in [0.2, 0.25) is 0 Å². The topological polar surface area (TPSA) is 54.5 Å². The Kier molecular flexibility index (Phi) is 2.84. The van der Waals surface area contributed by atoms with Gasteiger partial charge in [-0.05, 0) is 12.1 Å². The number of hydrogen-bond acceptors (Lipinski definition) is 3. The highest BCUT2D eigenvalue weighted by Gasteiger charge is 2.28. The molecule has 0 bridgehead atoms. The van der Waals surface area contributed by atoms with E-state index < -0.39 is 0 Å². The summed E-state index contributed by atoms with van der Waals surface area (Å²) >= 11 is 0. The van der Waals surface area contributed by atoms with Gasteiger partial charge in [-0.2, -0.15) is 5.10 Å². The first-order valence-corrected chi connectivity index (χ1v) is 7.32. The van der Waals surface area contributed by atoms with Crippen LogP contribution in [-0.2, 0) is 10.8 Å². The molecule has 2 heterocycles. The molecule has 3 rings (SSSR count). The quantitative estimate of drug-likeness (QED) is 0.675. The predicted octanol–water partition coefficient (Wildman–Crippen LogP) is 4.10. The standard InChI is InChI=1S/C17H22N4/c1-16(2,3)14-15(17(4,5)6)20-13-8-11-10(9-18-21-11)7-12(13)19-14/h7-9H,1-6H3,(H,18,21). The maximum Gasteiger partial charge on any atom is 0.0912 e. The molecule has 0 atom stereocenters. The van der Waals surface area contributed by atoms with Gasteiger partial charge in [-0.3, -0.25) is 5.10 Å². The molecule has 2 aromatic heterocycles. The smallest absolute Gasteiger partial charge is 0.0912 e. The fourth-order valence-electron chi connectivity index (χ4n) is 2.54. The molecule has 0 aliphatic rings. The first-order chi connectivity index (χ1) is 9.66. The number of benzene rings is 1. The van der Waals surface area contributed by atoms with E-state index in [9.17, 15) is 0 Å². The van der Waals surface area contributed by atoms with E-state index in [2.05, 4.69) is 57.8 Å². The van der Waals surface area contributed by atoms with Gasteiger partial charge in [-0.1, -0.05) is 41.5 Å². The van der Waals surface area contributed by atoms with Crippen LogP contribution in [0.15, 0.2) is 18.3 Å². The minimum absolute atomic E-state index is 0.0326. The minimum Gasteiger partial charge on any atom is -0.278 e. The third kappa shape index (κ3) is 2.39. The average molecular weight is 282 g/mol. The van der Waals surface area contributed by atoms with E-state index in [0.29, 0.717) is 0 Å². The summed E-state index contributed by atoms with van der Waals surface area (Å²) in [5.74, 6) is 0.